The van der Waals surface area contributed by atoms with Crippen molar-refractivity contribution in [3.8, 4) is 0 Å². The first kappa shape index (κ1) is 21.8. The molecule has 1 fully saturated rings. The number of allylic oxidation sites excluding steroid dienone is 1. The van der Waals surface area contributed by atoms with Gasteiger partial charge in [-0.05, 0) is 74.3 Å². The smallest absolute Gasteiger partial charge is 0.250 e. The number of aryl methyl sites for hydroxylation is 1. The number of aromatic nitrogens is 1. The summed E-state index contributed by atoms with van der Waals surface area (Å²) in [6.07, 6.45) is 4.87. The summed E-state index contributed by atoms with van der Waals surface area (Å²) in [5.74, 6) is -0.292. The maximum absolute atomic E-state index is 12.8. The summed E-state index contributed by atoms with van der Waals surface area (Å²) in [5.41, 5.74) is 8.90. The average Bonchev–Trinajstić information content (AvgIpc) is 3.46. The van der Waals surface area contributed by atoms with Crippen molar-refractivity contribution in [2.75, 3.05) is 10.6 Å². The summed E-state index contributed by atoms with van der Waals surface area (Å²) in [7, 11) is 0. The topological polar surface area (TPSA) is 109 Å². The van der Waals surface area contributed by atoms with Crippen molar-refractivity contribution in [3.05, 3.63) is 47.8 Å². The summed E-state index contributed by atoms with van der Waals surface area (Å²) in [5, 5.41) is 10.3. The molecule has 0 saturated heterocycles. The Labute approximate surface area is 181 Å². The lowest BCUT2D eigenvalue weighted by Crippen LogP contribution is -2.40. The molecule has 1 aromatic carbocycles. The molecule has 3 rings (SSSR count). The number of rotatable bonds is 11. The van der Waals surface area contributed by atoms with Crippen LogP contribution >= 0.6 is 11.5 Å². The summed E-state index contributed by atoms with van der Waals surface area (Å²) in [4.78, 5) is 24.7. The number of primary amides is 1. The van der Waals surface area contributed by atoms with E-state index in [1.165, 1.54) is 11.5 Å². The lowest BCUT2D eigenvalue weighted by Gasteiger charge is -2.21. The number of hydrogen-bond acceptors (Lipinski definition) is 6. The SMILES string of the molecule is C=C(CCCC)NC(=O)[C@H](Nc1ccc(C(N)=O)c(Nc2cc(C)ns2)c1)C1CC1. The fourth-order valence-electron chi connectivity index (χ4n) is 3.22. The fourth-order valence-corrected chi connectivity index (χ4v) is 3.89. The molecule has 1 heterocycles. The summed E-state index contributed by atoms with van der Waals surface area (Å²) >= 11 is 1.31. The number of anilines is 3. The molecule has 0 aliphatic heterocycles. The van der Waals surface area contributed by atoms with Gasteiger partial charge in [-0.15, -0.1) is 0 Å². The molecule has 0 bridgehead atoms. The lowest BCUT2D eigenvalue weighted by atomic mass is 10.1. The number of carbonyl (C=O) groups is 2. The van der Waals surface area contributed by atoms with E-state index in [1.54, 1.807) is 12.1 Å². The molecule has 2 aromatic rings. The van der Waals surface area contributed by atoms with Crippen LogP contribution in [0.3, 0.4) is 0 Å². The molecule has 0 spiro atoms. The number of nitrogens with zero attached hydrogens (tertiary/aromatic N) is 1. The number of benzene rings is 1. The first-order valence-corrected chi connectivity index (χ1v) is 11.0. The third kappa shape index (κ3) is 5.82. The van der Waals surface area contributed by atoms with Gasteiger partial charge < -0.3 is 21.7 Å². The highest BCUT2D eigenvalue weighted by molar-refractivity contribution is 7.10. The summed E-state index contributed by atoms with van der Waals surface area (Å²) in [6, 6.07) is 6.81. The van der Waals surface area contributed by atoms with Crippen LogP contribution in [-0.4, -0.2) is 22.2 Å². The Balaban J connectivity index is 1.76. The lowest BCUT2D eigenvalue weighted by molar-refractivity contribution is -0.121. The molecule has 0 radical (unpaired) electrons. The van der Waals surface area contributed by atoms with Gasteiger partial charge in [-0.25, -0.2) is 0 Å². The van der Waals surface area contributed by atoms with E-state index >= 15 is 0 Å². The Morgan fingerprint density at radius 2 is 2.10 bits per heavy atom. The van der Waals surface area contributed by atoms with Crippen molar-refractivity contribution in [2.24, 2.45) is 11.7 Å². The van der Waals surface area contributed by atoms with Gasteiger partial charge in [-0.1, -0.05) is 19.9 Å². The van der Waals surface area contributed by atoms with Crippen molar-refractivity contribution in [2.45, 2.75) is 52.0 Å². The van der Waals surface area contributed by atoms with Crippen LogP contribution in [0.2, 0.25) is 0 Å². The van der Waals surface area contributed by atoms with Crippen LogP contribution in [-0.2, 0) is 4.79 Å². The number of nitrogens with one attached hydrogen (secondary N) is 3. The van der Waals surface area contributed by atoms with E-state index in [0.29, 0.717) is 17.2 Å². The molecule has 7 nitrogen and oxygen atoms in total. The Morgan fingerprint density at radius 1 is 1.33 bits per heavy atom. The molecule has 1 atom stereocenters. The van der Waals surface area contributed by atoms with E-state index in [2.05, 4.69) is 33.8 Å². The Hall–Kier alpha value is -2.87. The quantitative estimate of drug-likeness (QED) is 0.427. The van der Waals surface area contributed by atoms with Gasteiger partial charge in [0.2, 0.25) is 5.91 Å². The first-order valence-electron chi connectivity index (χ1n) is 10.3. The van der Waals surface area contributed by atoms with Crippen molar-refractivity contribution in [1.82, 2.24) is 9.69 Å². The highest BCUT2D eigenvalue weighted by Crippen LogP contribution is 2.35. The van der Waals surface area contributed by atoms with Crippen LogP contribution in [0.1, 0.15) is 55.1 Å². The number of carbonyl (C=O) groups excluding carboxylic acids is 2. The van der Waals surface area contributed by atoms with E-state index in [-0.39, 0.29) is 11.9 Å². The minimum absolute atomic E-state index is 0.0647. The monoisotopic (exact) mass is 427 g/mol. The van der Waals surface area contributed by atoms with Gasteiger partial charge in [0.05, 0.1) is 16.9 Å². The standard InChI is InChI=1S/C22H29N5O2S/c1-4-5-6-13(2)24-22(29)20(15-7-8-15)25-16-9-10-17(21(23)28)18(12-16)26-19-11-14(3)27-30-19/h9-12,15,20,25-26H,2,4-8H2,1,3H3,(H2,23,28)(H,24,29)/t20-/m1/s1. The highest BCUT2D eigenvalue weighted by atomic mass is 32.1. The summed E-state index contributed by atoms with van der Waals surface area (Å²) in [6.45, 7) is 7.98. The average molecular weight is 428 g/mol. The van der Waals surface area contributed by atoms with E-state index in [0.717, 1.165) is 54.2 Å². The van der Waals surface area contributed by atoms with Crippen molar-refractivity contribution < 1.29 is 9.59 Å². The highest BCUT2D eigenvalue weighted by Gasteiger charge is 2.36. The van der Waals surface area contributed by atoms with Crippen LogP contribution < -0.4 is 21.7 Å². The minimum Gasteiger partial charge on any atom is -0.373 e. The zero-order chi connectivity index (χ0) is 21.7. The van der Waals surface area contributed by atoms with Crippen molar-refractivity contribution in [1.29, 1.82) is 0 Å². The maximum Gasteiger partial charge on any atom is 0.250 e. The Morgan fingerprint density at radius 3 is 2.70 bits per heavy atom. The molecule has 2 amide bonds. The summed E-state index contributed by atoms with van der Waals surface area (Å²) < 4.78 is 4.25. The van der Waals surface area contributed by atoms with Crippen LogP contribution in [0, 0.1) is 12.8 Å². The van der Waals surface area contributed by atoms with E-state index in [1.807, 2.05) is 19.1 Å². The molecule has 1 aliphatic carbocycles. The number of nitrogens with two attached hydrogens (primary N) is 1. The zero-order valence-electron chi connectivity index (χ0n) is 17.5. The molecule has 8 heteroatoms. The largest absolute Gasteiger partial charge is 0.373 e. The molecule has 5 N–H and O–H groups in total. The van der Waals surface area contributed by atoms with Gasteiger partial charge in [-0.2, -0.15) is 4.37 Å². The zero-order valence-corrected chi connectivity index (χ0v) is 18.3. The minimum atomic E-state index is -0.519. The van der Waals surface area contributed by atoms with E-state index in [4.69, 9.17) is 5.73 Å². The molecule has 160 valence electrons. The third-order valence-corrected chi connectivity index (χ3v) is 5.80. The second kappa shape index (κ2) is 9.75. The van der Waals surface area contributed by atoms with Crippen LogP contribution in [0.4, 0.5) is 16.4 Å². The first-order chi connectivity index (χ1) is 14.4. The van der Waals surface area contributed by atoms with E-state index in [9.17, 15) is 9.59 Å². The molecule has 30 heavy (non-hydrogen) atoms. The number of amides is 2. The second-order valence-electron chi connectivity index (χ2n) is 7.74. The number of hydrogen-bond donors (Lipinski definition) is 4. The van der Waals surface area contributed by atoms with Gasteiger partial charge in [0.1, 0.15) is 11.0 Å². The number of unbranched alkanes of at least 4 members (excludes halogenated alkanes) is 1. The maximum atomic E-state index is 12.8. The van der Waals surface area contributed by atoms with Gasteiger partial charge in [0.15, 0.2) is 0 Å². The third-order valence-electron chi connectivity index (χ3n) is 5.00. The van der Waals surface area contributed by atoms with Crippen molar-refractivity contribution in [3.63, 3.8) is 0 Å². The second-order valence-corrected chi connectivity index (χ2v) is 8.54. The Bertz CT molecular complexity index is 935. The van der Waals surface area contributed by atoms with Gasteiger partial charge in [0.25, 0.3) is 5.91 Å². The predicted molar refractivity (Wildman–Crippen MR) is 122 cm³/mol. The van der Waals surface area contributed by atoms with Crippen LogP contribution in [0.5, 0.6) is 0 Å². The van der Waals surface area contributed by atoms with Gasteiger partial charge in [-0.3, -0.25) is 9.59 Å². The fraction of sp³-hybridized carbons (Fsp3) is 0.409. The van der Waals surface area contributed by atoms with E-state index < -0.39 is 5.91 Å². The molecular formula is C22H29N5O2S. The molecule has 1 saturated carbocycles. The molecule has 1 aromatic heterocycles. The van der Waals surface area contributed by atoms with Gasteiger partial charge in [0, 0.05) is 11.4 Å². The van der Waals surface area contributed by atoms with Gasteiger partial charge >= 0.3 is 0 Å². The molecular weight excluding hydrogens is 398 g/mol. The molecule has 0 unspecified atom stereocenters. The molecule has 1 aliphatic rings. The van der Waals surface area contributed by atoms with Crippen LogP contribution in [0.25, 0.3) is 0 Å². The van der Waals surface area contributed by atoms with Crippen LogP contribution in [0.15, 0.2) is 36.5 Å². The van der Waals surface area contributed by atoms with Crippen molar-refractivity contribution >= 4 is 39.7 Å². The Kier molecular flexibility index (Phi) is 7.10. The predicted octanol–water partition coefficient (Wildman–Crippen LogP) is 4.30. The normalized spacial score (nSPS) is 14.1.